The molecule has 0 aliphatic carbocycles. The molecule has 1 aromatic carbocycles. The van der Waals surface area contributed by atoms with E-state index in [4.69, 9.17) is 0 Å². The van der Waals surface area contributed by atoms with Crippen LogP contribution in [-0.4, -0.2) is 22.1 Å². The summed E-state index contributed by atoms with van der Waals surface area (Å²) in [5.41, 5.74) is -2.60. The van der Waals surface area contributed by atoms with Gasteiger partial charge in [-0.1, -0.05) is 0 Å². The Bertz CT molecular complexity index is 1060. The molecule has 4 nitrogen and oxygen atoms in total. The molecule has 0 radical (unpaired) electrons. The van der Waals surface area contributed by atoms with Crippen LogP contribution < -0.4 is 5.32 Å². The quantitative estimate of drug-likeness (QED) is 0.354. The largest absolute Gasteiger partial charge is 0.416 e. The van der Waals surface area contributed by atoms with E-state index < -0.39 is 29.4 Å². The van der Waals surface area contributed by atoms with E-state index >= 15 is 0 Å². The Morgan fingerprint density at radius 3 is 2.29 bits per heavy atom. The molecule has 0 aliphatic heterocycles. The molecule has 1 N–H and O–H groups in total. The van der Waals surface area contributed by atoms with E-state index in [9.17, 15) is 31.1 Å². The Morgan fingerprint density at radius 1 is 1.06 bits per heavy atom. The summed E-state index contributed by atoms with van der Waals surface area (Å²) < 4.78 is 78.1. The molecule has 164 valence electrons. The lowest BCUT2D eigenvalue weighted by molar-refractivity contribution is -0.143. The molecule has 0 aliphatic rings. The number of thioether (sulfide) groups is 1. The molecule has 0 atom stereocenters. The minimum Gasteiger partial charge on any atom is -0.298 e. The third kappa shape index (κ3) is 5.76. The zero-order chi connectivity index (χ0) is 22.8. The number of benzene rings is 1. The highest BCUT2D eigenvalue weighted by Crippen LogP contribution is 2.37. The number of nitrogens with zero attached hydrogens (tertiary/aromatic N) is 2. The summed E-state index contributed by atoms with van der Waals surface area (Å²) >= 11 is 2.23. The lowest BCUT2D eigenvalue weighted by atomic mass is 10.0. The molecular formula is C19H13F6N3OS2. The van der Waals surface area contributed by atoms with Gasteiger partial charge in [0.25, 0.3) is 5.91 Å². The molecule has 31 heavy (non-hydrogen) atoms. The summed E-state index contributed by atoms with van der Waals surface area (Å²) in [5, 5.41) is 3.23. The summed E-state index contributed by atoms with van der Waals surface area (Å²) in [5.74, 6) is -0.475. The number of anilines is 1. The Morgan fingerprint density at radius 2 is 1.71 bits per heavy atom. The fraction of sp³-hybridized carbons (Fsp3) is 0.211. The lowest BCUT2D eigenvalue weighted by Crippen LogP contribution is -2.13. The highest BCUT2D eigenvalue weighted by molar-refractivity contribution is 7.98. The fourth-order valence-electron chi connectivity index (χ4n) is 2.66. The van der Waals surface area contributed by atoms with Crippen molar-refractivity contribution >= 4 is 34.1 Å². The van der Waals surface area contributed by atoms with Crippen LogP contribution in [0.1, 0.15) is 31.9 Å². The van der Waals surface area contributed by atoms with E-state index in [-0.39, 0.29) is 23.2 Å². The number of halogens is 6. The number of hydrogen-bond donors (Lipinski definition) is 1. The van der Waals surface area contributed by atoms with Gasteiger partial charge < -0.3 is 0 Å². The van der Waals surface area contributed by atoms with Crippen molar-refractivity contribution in [3.05, 3.63) is 69.9 Å². The standard InChI is InChI=1S/C19H13F6N3OS2/c1-30-16-14(3-2-4-26-16)15(29)28-17-27-9-13(31-17)7-10-5-11(18(20,21)22)8-12(6-10)19(23,24)25/h2-6,8-9H,7H2,1H3,(H,27,28,29). The molecule has 2 aromatic heterocycles. The van der Waals surface area contributed by atoms with Crippen molar-refractivity contribution < 1.29 is 31.1 Å². The van der Waals surface area contributed by atoms with Crippen molar-refractivity contribution in [3.63, 3.8) is 0 Å². The van der Waals surface area contributed by atoms with Crippen LogP contribution in [-0.2, 0) is 18.8 Å². The average Bonchev–Trinajstić information content (AvgIpc) is 3.13. The second-order valence-electron chi connectivity index (χ2n) is 6.24. The van der Waals surface area contributed by atoms with Crippen molar-refractivity contribution in [2.24, 2.45) is 0 Å². The molecule has 3 rings (SSSR count). The minimum absolute atomic E-state index is 0.0824. The van der Waals surface area contributed by atoms with Gasteiger partial charge >= 0.3 is 12.4 Å². The van der Waals surface area contributed by atoms with Crippen LogP contribution in [0.5, 0.6) is 0 Å². The van der Waals surface area contributed by atoms with Gasteiger partial charge in [-0.15, -0.1) is 23.1 Å². The smallest absolute Gasteiger partial charge is 0.298 e. The minimum atomic E-state index is -4.92. The van der Waals surface area contributed by atoms with Crippen molar-refractivity contribution in [2.75, 3.05) is 11.6 Å². The first kappa shape index (κ1) is 23.1. The van der Waals surface area contributed by atoms with Gasteiger partial charge in [0.1, 0.15) is 5.03 Å². The van der Waals surface area contributed by atoms with Gasteiger partial charge in [0, 0.05) is 23.7 Å². The second kappa shape index (κ2) is 8.87. The molecule has 0 bridgehead atoms. The fourth-order valence-corrected chi connectivity index (χ4v) is 4.05. The van der Waals surface area contributed by atoms with Gasteiger partial charge in [-0.2, -0.15) is 26.3 Å². The van der Waals surface area contributed by atoms with E-state index in [0.29, 0.717) is 27.6 Å². The van der Waals surface area contributed by atoms with E-state index in [1.165, 1.54) is 24.2 Å². The topological polar surface area (TPSA) is 54.9 Å². The van der Waals surface area contributed by atoms with Crippen LogP contribution in [0.15, 0.2) is 47.8 Å². The lowest BCUT2D eigenvalue weighted by Gasteiger charge is -2.13. The SMILES string of the molecule is CSc1ncccc1C(=O)Nc1ncc(Cc2cc(C(F)(F)F)cc(C(F)(F)F)c2)s1. The maximum absolute atomic E-state index is 13.0. The maximum atomic E-state index is 13.0. The Balaban J connectivity index is 1.81. The number of pyridine rings is 1. The number of rotatable bonds is 5. The molecule has 0 fully saturated rings. The van der Waals surface area contributed by atoms with E-state index in [1.54, 1.807) is 18.4 Å². The summed E-state index contributed by atoms with van der Waals surface area (Å²) in [6.07, 6.45) is -5.45. The number of thiazole rings is 1. The molecule has 3 aromatic rings. The van der Waals surface area contributed by atoms with Gasteiger partial charge in [0.15, 0.2) is 5.13 Å². The van der Waals surface area contributed by atoms with Crippen molar-refractivity contribution in [1.29, 1.82) is 0 Å². The predicted molar refractivity (Wildman–Crippen MR) is 105 cm³/mol. The van der Waals surface area contributed by atoms with Gasteiger partial charge in [-0.25, -0.2) is 9.97 Å². The van der Waals surface area contributed by atoms with E-state index in [0.717, 1.165) is 11.3 Å². The number of hydrogen-bond acceptors (Lipinski definition) is 5. The zero-order valence-electron chi connectivity index (χ0n) is 15.6. The predicted octanol–water partition coefficient (Wildman–Crippen LogP) is 6.14. The second-order valence-corrected chi connectivity index (χ2v) is 8.15. The Hall–Kier alpha value is -2.60. The van der Waals surface area contributed by atoms with E-state index in [2.05, 4.69) is 15.3 Å². The number of aromatic nitrogens is 2. The molecular weight excluding hydrogens is 464 g/mol. The summed E-state index contributed by atoms with van der Waals surface area (Å²) in [6.45, 7) is 0. The van der Waals surface area contributed by atoms with Crippen LogP contribution in [0, 0.1) is 0 Å². The highest BCUT2D eigenvalue weighted by Gasteiger charge is 2.36. The maximum Gasteiger partial charge on any atom is 0.416 e. The van der Waals surface area contributed by atoms with E-state index in [1.807, 2.05) is 0 Å². The summed E-state index contributed by atoms with van der Waals surface area (Å²) in [4.78, 5) is 20.9. The van der Waals surface area contributed by atoms with Crippen molar-refractivity contribution in [2.45, 2.75) is 23.8 Å². The average molecular weight is 477 g/mol. The van der Waals surface area contributed by atoms with Gasteiger partial charge in [-0.05, 0) is 42.2 Å². The van der Waals surface area contributed by atoms with Crippen LogP contribution >= 0.6 is 23.1 Å². The van der Waals surface area contributed by atoms with Gasteiger partial charge in [-0.3, -0.25) is 10.1 Å². The van der Waals surface area contributed by atoms with Crippen molar-refractivity contribution in [3.8, 4) is 0 Å². The third-order valence-corrected chi connectivity index (χ3v) is 5.63. The third-order valence-electron chi connectivity index (χ3n) is 4.01. The van der Waals surface area contributed by atoms with Gasteiger partial charge in [0.2, 0.25) is 0 Å². The highest BCUT2D eigenvalue weighted by atomic mass is 32.2. The molecule has 0 unspecified atom stereocenters. The molecule has 0 saturated carbocycles. The van der Waals surface area contributed by atoms with Crippen LogP contribution in [0.3, 0.4) is 0 Å². The Kier molecular flexibility index (Phi) is 6.60. The number of carbonyl (C=O) groups excluding carboxylic acids is 1. The molecule has 0 saturated heterocycles. The van der Waals surface area contributed by atoms with Crippen molar-refractivity contribution in [1.82, 2.24) is 9.97 Å². The molecule has 1 amide bonds. The van der Waals surface area contributed by atoms with Crippen LogP contribution in [0.25, 0.3) is 0 Å². The van der Waals surface area contributed by atoms with Gasteiger partial charge in [0.05, 0.1) is 16.7 Å². The number of carbonyl (C=O) groups is 1. The normalized spacial score (nSPS) is 12.1. The van der Waals surface area contributed by atoms with Crippen LogP contribution in [0.2, 0.25) is 0 Å². The first-order chi connectivity index (χ1) is 14.5. The zero-order valence-corrected chi connectivity index (χ0v) is 17.3. The number of amides is 1. The first-order valence-electron chi connectivity index (χ1n) is 8.51. The number of alkyl halides is 6. The van der Waals surface area contributed by atoms with Crippen LogP contribution in [0.4, 0.5) is 31.5 Å². The molecule has 12 heteroatoms. The monoisotopic (exact) mass is 477 g/mol. The first-order valence-corrected chi connectivity index (χ1v) is 10.5. The number of nitrogens with one attached hydrogen (secondary N) is 1. The molecule has 2 heterocycles. The summed E-state index contributed by atoms with van der Waals surface area (Å²) in [7, 11) is 0. The summed E-state index contributed by atoms with van der Waals surface area (Å²) in [6, 6.07) is 4.60. The Labute approximate surface area is 180 Å². The molecule has 0 spiro atoms.